The Kier molecular flexibility index (Phi) is 4.77. The molecule has 0 bridgehead atoms. The van der Waals surface area contributed by atoms with Gasteiger partial charge >= 0.3 is 0 Å². The molecule has 0 aromatic heterocycles. The monoisotopic (exact) mass is 302 g/mol. The third-order valence-electron chi connectivity index (χ3n) is 4.44. The molecule has 0 fully saturated rings. The Morgan fingerprint density at radius 2 is 0.727 bits per heavy atom. The van der Waals surface area contributed by atoms with Crippen molar-refractivity contribution in [1.29, 1.82) is 0 Å². The van der Waals surface area contributed by atoms with Crippen LogP contribution in [0.2, 0.25) is 0 Å². The molecule has 0 unspecified atom stereocenters. The molecule has 0 saturated heterocycles. The summed E-state index contributed by atoms with van der Waals surface area (Å²) in [6.07, 6.45) is 0. The molecule has 2 nitrogen and oxygen atoms in total. The van der Waals surface area contributed by atoms with Crippen molar-refractivity contribution in [2.75, 3.05) is 0 Å². The summed E-state index contributed by atoms with van der Waals surface area (Å²) in [7, 11) is 0. The van der Waals surface area contributed by atoms with Gasteiger partial charge in [0.05, 0.1) is 0 Å². The highest BCUT2D eigenvalue weighted by atomic mass is 16.1. The van der Waals surface area contributed by atoms with E-state index in [0.717, 1.165) is 33.4 Å². The van der Waals surface area contributed by atoms with E-state index in [9.17, 15) is 9.59 Å². The van der Waals surface area contributed by atoms with E-state index in [1.807, 2.05) is 69.2 Å². The summed E-state index contributed by atoms with van der Waals surface area (Å²) in [5.74, 6) is 0.284. The Bertz CT molecular complexity index is 549. The normalized spacial score (nSPS) is 12.5. The van der Waals surface area contributed by atoms with E-state index in [1.165, 1.54) is 0 Å². The summed E-state index contributed by atoms with van der Waals surface area (Å²) < 4.78 is 0. The summed E-state index contributed by atoms with van der Waals surface area (Å²) in [4.78, 5) is 25.6. The Morgan fingerprint density at radius 1 is 0.545 bits per heavy atom. The Labute approximate surface area is 135 Å². The van der Waals surface area contributed by atoms with Gasteiger partial charge in [0, 0.05) is 22.0 Å². The molecule has 1 aromatic rings. The van der Waals surface area contributed by atoms with Gasteiger partial charge in [-0.05, 0) is 49.9 Å². The summed E-state index contributed by atoms with van der Waals surface area (Å²) >= 11 is 0. The maximum absolute atomic E-state index is 12.8. The predicted octanol–water partition coefficient (Wildman–Crippen LogP) is 5.38. The Balaban J connectivity index is 3.74. The van der Waals surface area contributed by atoms with E-state index in [2.05, 4.69) is 0 Å². The molecule has 0 radical (unpaired) electrons. The van der Waals surface area contributed by atoms with Crippen LogP contribution in [0.5, 0.6) is 0 Å². The van der Waals surface area contributed by atoms with Crippen molar-refractivity contribution in [2.24, 2.45) is 10.8 Å². The van der Waals surface area contributed by atoms with Gasteiger partial charge < -0.3 is 0 Å². The van der Waals surface area contributed by atoms with Gasteiger partial charge in [-0.3, -0.25) is 9.59 Å². The van der Waals surface area contributed by atoms with Crippen molar-refractivity contribution in [1.82, 2.24) is 0 Å². The minimum atomic E-state index is -0.427. The molecule has 0 aliphatic carbocycles. The first-order chi connectivity index (χ1) is 9.71. The summed E-state index contributed by atoms with van der Waals surface area (Å²) in [6.45, 7) is 19.5. The molecule has 0 heterocycles. The SMILES string of the molecule is Cc1c(C)c(C(=O)C(C)(C)C)c(C)c(C)c1C(=O)C(C)(C)C. The van der Waals surface area contributed by atoms with Gasteiger partial charge in [0.2, 0.25) is 0 Å². The molecule has 0 atom stereocenters. The highest BCUT2D eigenvalue weighted by Crippen LogP contribution is 2.34. The quantitative estimate of drug-likeness (QED) is 0.687. The van der Waals surface area contributed by atoms with Crippen LogP contribution in [0.1, 0.15) is 84.5 Å². The Hall–Kier alpha value is -1.44. The van der Waals surface area contributed by atoms with Gasteiger partial charge in [0.1, 0.15) is 0 Å². The summed E-state index contributed by atoms with van der Waals surface area (Å²) in [5, 5.41) is 0. The number of benzene rings is 1. The summed E-state index contributed by atoms with van der Waals surface area (Å²) in [5.41, 5.74) is 4.48. The topological polar surface area (TPSA) is 34.1 Å². The number of hydrogen-bond donors (Lipinski definition) is 0. The molecular formula is C20H30O2. The largest absolute Gasteiger partial charge is 0.294 e. The first-order valence-corrected chi connectivity index (χ1v) is 7.91. The fraction of sp³-hybridized carbons (Fsp3) is 0.600. The molecule has 0 saturated carbocycles. The second-order valence-electron chi connectivity index (χ2n) is 8.41. The first-order valence-electron chi connectivity index (χ1n) is 7.91. The Morgan fingerprint density at radius 3 is 0.864 bits per heavy atom. The molecule has 0 spiro atoms. The maximum Gasteiger partial charge on any atom is 0.168 e. The highest BCUT2D eigenvalue weighted by molar-refractivity contribution is 6.07. The highest BCUT2D eigenvalue weighted by Gasteiger charge is 2.32. The number of carbonyl (C=O) groups is 2. The van der Waals surface area contributed by atoms with Crippen LogP contribution in [-0.4, -0.2) is 11.6 Å². The fourth-order valence-corrected chi connectivity index (χ4v) is 2.74. The number of rotatable bonds is 2. The van der Waals surface area contributed by atoms with Gasteiger partial charge in [-0.2, -0.15) is 0 Å². The van der Waals surface area contributed by atoms with Crippen molar-refractivity contribution in [3.8, 4) is 0 Å². The molecule has 2 heteroatoms. The zero-order valence-electron chi connectivity index (χ0n) is 15.8. The lowest BCUT2D eigenvalue weighted by atomic mass is 9.76. The van der Waals surface area contributed by atoms with Crippen molar-refractivity contribution in [2.45, 2.75) is 69.2 Å². The molecule has 22 heavy (non-hydrogen) atoms. The van der Waals surface area contributed by atoms with Crippen LogP contribution in [0, 0.1) is 38.5 Å². The van der Waals surface area contributed by atoms with E-state index >= 15 is 0 Å². The van der Waals surface area contributed by atoms with Crippen molar-refractivity contribution < 1.29 is 9.59 Å². The molecule has 0 amide bonds. The average Bonchev–Trinajstić information content (AvgIpc) is 2.34. The van der Waals surface area contributed by atoms with Gasteiger partial charge in [-0.1, -0.05) is 41.5 Å². The number of carbonyl (C=O) groups excluding carboxylic acids is 2. The smallest absolute Gasteiger partial charge is 0.168 e. The molecular weight excluding hydrogens is 272 g/mol. The van der Waals surface area contributed by atoms with Crippen LogP contribution in [0.4, 0.5) is 0 Å². The predicted molar refractivity (Wildman–Crippen MR) is 93.0 cm³/mol. The van der Waals surface area contributed by atoms with Crippen LogP contribution < -0.4 is 0 Å². The first kappa shape index (κ1) is 18.6. The lowest BCUT2D eigenvalue weighted by Gasteiger charge is -2.26. The van der Waals surface area contributed by atoms with Gasteiger partial charge in [0.25, 0.3) is 0 Å². The third-order valence-corrected chi connectivity index (χ3v) is 4.44. The van der Waals surface area contributed by atoms with E-state index in [-0.39, 0.29) is 11.6 Å². The van der Waals surface area contributed by atoms with Crippen molar-refractivity contribution in [3.05, 3.63) is 33.4 Å². The lowest BCUT2D eigenvalue weighted by molar-refractivity contribution is 0.0845. The number of ketones is 2. The minimum Gasteiger partial charge on any atom is -0.294 e. The van der Waals surface area contributed by atoms with E-state index in [0.29, 0.717) is 0 Å². The second kappa shape index (κ2) is 5.64. The molecule has 122 valence electrons. The van der Waals surface area contributed by atoms with Gasteiger partial charge in [0.15, 0.2) is 11.6 Å². The third kappa shape index (κ3) is 3.16. The van der Waals surface area contributed by atoms with Gasteiger partial charge in [-0.25, -0.2) is 0 Å². The number of Topliss-reactive ketones (excluding diaryl/α,β-unsaturated/α-hetero) is 2. The van der Waals surface area contributed by atoms with Crippen LogP contribution in [0.3, 0.4) is 0 Å². The molecule has 0 aliphatic rings. The second-order valence-corrected chi connectivity index (χ2v) is 8.41. The average molecular weight is 302 g/mol. The zero-order valence-corrected chi connectivity index (χ0v) is 15.8. The van der Waals surface area contributed by atoms with Crippen LogP contribution >= 0.6 is 0 Å². The van der Waals surface area contributed by atoms with Crippen LogP contribution in [0.15, 0.2) is 0 Å². The van der Waals surface area contributed by atoms with E-state index in [4.69, 9.17) is 0 Å². The van der Waals surface area contributed by atoms with Crippen molar-refractivity contribution in [3.63, 3.8) is 0 Å². The summed E-state index contributed by atoms with van der Waals surface area (Å²) in [6, 6.07) is 0. The lowest BCUT2D eigenvalue weighted by Crippen LogP contribution is -2.26. The molecule has 1 aromatic carbocycles. The zero-order chi connectivity index (χ0) is 17.6. The number of hydrogen-bond acceptors (Lipinski definition) is 2. The van der Waals surface area contributed by atoms with Crippen molar-refractivity contribution >= 4 is 11.6 Å². The van der Waals surface area contributed by atoms with Gasteiger partial charge in [-0.15, -0.1) is 0 Å². The fourth-order valence-electron chi connectivity index (χ4n) is 2.74. The molecule has 1 rings (SSSR count). The van der Waals surface area contributed by atoms with Crippen LogP contribution in [-0.2, 0) is 0 Å². The standard InChI is InChI=1S/C20H30O2/c1-11-12(2)16(18(22)20(8,9)10)14(4)13(3)15(11)17(21)19(5,6)7/h1-10H3. The molecule has 0 aliphatic heterocycles. The minimum absolute atomic E-state index is 0.142. The van der Waals surface area contributed by atoms with Crippen LogP contribution in [0.25, 0.3) is 0 Å². The van der Waals surface area contributed by atoms with E-state index < -0.39 is 10.8 Å². The molecule has 0 N–H and O–H groups in total. The van der Waals surface area contributed by atoms with E-state index in [1.54, 1.807) is 0 Å². The maximum atomic E-state index is 12.8.